The first kappa shape index (κ1) is 19.5. The van der Waals surface area contributed by atoms with Crippen LogP contribution in [0, 0.1) is 10.8 Å². The van der Waals surface area contributed by atoms with E-state index >= 15 is 0 Å². The van der Waals surface area contributed by atoms with Crippen LogP contribution >= 0.6 is 12.4 Å². The third-order valence-corrected chi connectivity index (χ3v) is 3.54. The Morgan fingerprint density at radius 2 is 2.11 bits per heavy atom. The summed E-state index contributed by atoms with van der Waals surface area (Å²) in [6.45, 7) is 3.88. The minimum Gasteiger partial charge on any atom is -0.424 e. The van der Waals surface area contributed by atoms with Gasteiger partial charge in [0.15, 0.2) is 21.7 Å². The van der Waals surface area contributed by atoms with Gasteiger partial charge in [-0.1, -0.05) is 19.8 Å². The number of halogens is 1. The van der Waals surface area contributed by atoms with Crippen molar-refractivity contribution >= 4 is 34.1 Å². The van der Waals surface area contributed by atoms with Gasteiger partial charge in [-0.05, 0) is 18.9 Å². The molecule has 0 spiro atoms. The van der Waals surface area contributed by atoms with Crippen LogP contribution in [0.1, 0.15) is 32.6 Å². The summed E-state index contributed by atoms with van der Waals surface area (Å²) in [5.74, 6) is -0.120. The number of hydrogen-bond donors (Lipinski definition) is 5. The highest BCUT2D eigenvalue weighted by atomic mass is 35.5. The molecule has 0 aromatic carbocycles. The van der Waals surface area contributed by atoms with Crippen LogP contribution in [-0.2, 0) is 4.43 Å². The summed E-state index contributed by atoms with van der Waals surface area (Å²) in [6, 6.07) is 1.42. The normalized spacial score (nSPS) is 14.7. The fraction of sp³-hybridized carbons (Fsp3) is 0.800. The molecule has 1 aliphatic heterocycles. The van der Waals surface area contributed by atoms with E-state index in [-0.39, 0.29) is 34.1 Å². The van der Waals surface area contributed by atoms with Gasteiger partial charge in [-0.3, -0.25) is 16.1 Å². The second-order valence-corrected chi connectivity index (χ2v) is 5.39. The highest BCUT2D eigenvalue weighted by molar-refractivity contribution is 6.27. The number of hydrogen-bond acceptors (Lipinski definition) is 3. The molecule has 1 fully saturated rings. The van der Waals surface area contributed by atoms with Gasteiger partial charge in [0.25, 0.3) is 0 Å². The van der Waals surface area contributed by atoms with Crippen LogP contribution in [-0.4, -0.2) is 34.8 Å². The first-order valence-corrected chi connectivity index (χ1v) is 7.75. The van der Waals surface area contributed by atoms with E-state index in [2.05, 4.69) is 17.6 Å². The van der Waals surface area contributed by atoms with Crippen LogP contribution in [0.15, 0.2) is 0 Å². The van der Waals surface area contributed by atoms with Crippen molar-refractivity contribution < 1.29 is 4.43 Å². The van der Waals surface area contributed by atoms with Crippen molar-refractivity contribution in [1.29, 1.82) is 10.8 Å². The van der Waals surface area contributed by atoms with E-state index in [0.29, 0.717) is 0 Å². The number of unbranched alkanes of at least 4 members (excludes halogenated alkanes) is 1. The van der Waals surface area contributed by atoms with Crippen LogP contribution in [0.2, 0.25) is 6.04 Å². The first-order chi connectivity index (χ1) is 8.16. The zero-order valence-corrected chi connectivity index (χ0v) is 13.3. The van der Waals surface area contributed by atoms with Gasteiger partial charge >= 0.3 is 0 Å². The molecule has 0 aromatic rings. The lowest BCUT2D eigenvalue weighted by Gasteiger charge is -2.07. The van der Waals surface area contributed by atoms with Crippen molar-refractivity contribution in [2.45, 2.75) is 38.7 Å². The maximum absolute atomic E-state index is 7.15. The SMILES string of the molecule is C1CC[SiH2]OC1.CCCCNC(=N)NC(=N)N.Cl. The van der Waals surface area contributed by atoms with E-state index in [4.69, 9.17) is 21.0 Å². The van der Waals surface area contributed by atoms with Gasteiger partial charge < -0.3 is 15.5 Å². The Bertz CT molecular complexity index is 215. The van der Waals surface area contributed by atoms with Gasteiger partial charge in [-0.2, -0.15) is 0 Å². The molecule has 108 valence electrons. The van der Waals surface area contributed by atoms with Crippen LogP contribution in [0.4, 0.5) is 0 Å². The zero-order chi connectivity index (χ0) is 12.9. The quantitative estimate of drug-likeness (QED) is 0.226. The first-order valence-electron chi connectivity index (χ1n) is 6.18. The lowest BCUT2D eigenvalue weighted by molar-refractivity contribution is 0.304. The molecule has 0 aliphatic carbocycles. The average molecular weight is 296 g/mol. The molecule has 0 aromatic heterocycles. The molecular formula is C10H26ClN5OSi. The van der Waals surface area contributed by atoms with Gasteiger partial charge in [0.1, 0.15) is 0 Å². The highest BCUT2D eigenvalue weighted by Gasteiger charge is 1.96. The van der Waals surface area contributed by atoms with Crippen molar-refractivity contribution in [3.63, 3.8) is 0 Å². The Kier molecular flexibility index (Phi) is 15.5. The maximum atomic E-state index is 7.15. The molecule has 0 amide bonds. The number of nitrogens with one attached hydrogen (secondary N) is 4. The summed E-state index contributed by atoms with van der Waals surface area (Å²) in [5.41, 5.74) is 4.99. The Morgan fingerprint density at radius 1 is 1.39 bits per heavy atom. The van der Waals surface area contributed by atoms with E-state index in [1.54, 1.807) is 0 Å². The van der Waals surface area contributed by atoms with Gasteiger partial charge in [0, 0.05) is 13.2 Å². The summed E-state index contributed by atoms with van der Waals surface area (Å²) in [6.07, 6.45) is 4.85. The van der Waals surface area contributed by atoms with Crippen LogP contribution in [0.5, 0.6) is 0 Å². The van der Waals surface area contributed by atoms with E-state index in [1.165, 1.54) is 18.9 Å². The smallest absolute Gasteiger partial charge is 0.195 e. The van der Waals surface area contributed by atoms with Gasteiger partial charge in [-0.25, -0.2) is 0 Å². The molecule has 6 nitrogen and oxygen atoms in total. The largest absolute Gasteiger partial charge is 0.424 e. The molecule has 1 heterocycles. The lowest BCUT2D eigenvalue weighted by atomic mass is 10.3. The highest BCUT2D eigenvalue weighted by Crippen LogP contribution is 2.01. The summed E-state index contributed by atoms with van der Waals surface area (Å²) < 4.78 is 5.21. The van der Waals surface area contributed by atoms with Gasteiger partial charge in [0.2, 0.25) is 0 Å². The Labute approximate surface area is 118 Å². The van der Waals surface area contributed by atoms with Crippen molar-refractivity contribution in [3.8, 4) is 0 Å². The molecule has 0 radical (unpaired) electrons. The lowest BCUT2D eigenvalue weighted by Crippen LogP contribution is -2.43. The molecule has 0 atom stereocenters. The third kappa shape index (κ3) is 15.2. The van der Waals surface area contributed by atoms with Crippen molar-refractivity contribution in [1.82, 2.24) is 10.6 Å². The Hall–Kier alpha value is -0.793. The maximum Gasteiger partial charge on any atom is 0.195 e. The van der Waals surface area contributed by atoms with E-state index in [1.807, 2.05) is 0 Å². The number of rotatable bonds is 3. The predicted octanol–water partition coefficient (Wildman–Crippen LogP) is 0.515. The van der Waals surface area contributed by atoms with Crippen molar-refractivity contribution in [3.05, 3.63) is 0 Å². The molecule has 1 aliphatic rings. The van der Waals surface area contributed by atoms with Crippen LogP contribution in [0.3, 0.4) is 0 Å². The van der Waals surface area contributed by atoms with Crippen LogP contribution in [0.25, 0.3) is 0 Å². The Morgan fingerprint density at radius 3 is 2.44 bits per heavy atom. The summed E-state index contributed by atoms with van der Waals surface area (Å²) >= 11 is 0. The second-order valence-electron chi connectivity index (χ2n) is 3.87. The van der Waals surface area contributed by atoms with Crippen LogP contribution < -0.4 is 16.4 Å². The number of nitrogens with two attached hydrogens (primary N) is 1. The van der Waals surface area contributed by atoms with E-state index < -0.39 is 0 Å². The molecule has 1 rings (SSSR count). The second kappa shape index (κ2) is 14.3. The summed E-state index contributed by atoms with van der Waals surface area (Å²) in [7, 11) is 0.00849. The summed E-state index contributed by atoms with van der Waals surface area (Å²) in [5, 5.41) is 19.0. The number of guanidine groups is 2. The molecule has 0 saturated carbocycles. The minimum absolute atomic E-state index is 0. The van der Waals surface area contributed by atoms with Gasteiger partial charge in [-0.15, -0.1) is 12.4 Å². The molecule has 8 heteroatoms. The zero-order valence-electron chi connectivity index (χ0n) is 11.1. The fourth-order valence-electron chi connectivity index (χ4n) is 1.26. The summed E-state index contributed by atoms with van der Waals surface area (Å²) in [4.78, 5) is 0. The molecule has 1 saturated heterocycles. The topological polar surface area (TPSA) is 107 Å². The predicted molar refractivity (Wildman–Crippen MR) is 81.5 cm³/mol. The van der Waals surface area contributed by atoms with Gasteiger partial charge in [0.05, 0.1) is 0 Å². The van der Waals surface area contributed by atoms with E-state index in [0.717, 1.165) is 26.0 Å². The third-order valence-electron chi connectivity index (χ3n) is 2.17. The fourth-order valence-corrected chi connectivity index (χ4v) is 2.43. The standard InChI is InChI=1S/C6H15N5.C4H10OSi.ClH/c1-2-3-4-10-6(9)11-5(7)8;1-2-4-6-5-3-1;/h2-4H2,1H3,(H6,7,8,9,10,11);1-4,6H2;1H. The average Bonchev–Trinajstić information content (AvgIpc) is 2.31. The van der Waals surface area contributed by atoms with E-state index in [9.17, 15) is 0 Å². The molecular weight excluding hydrogens is 270 g/mol. The minimum atomic E-state index is -0.209. The van der Waals surface area contributed by atoms with Crippen molar-refractivity contribution in [2.75, 3.05) is 13.2 Å². The molecule has 0 unspecified atom stereocenters. The van der Waals surface area contributed by atoms with Crippen molar-refractivity contribution in [2.24, 2.45) is 5.73 Å². The molecule has 18 heavy (non-hydrogen) atoms. The monoisotopic (exact) mass is 295 g/mol. The Balaban J connectivity index is 0. The molecule has 0 bridgehead atoms. The molecule has 6 N–H and O–H groups in total.